The average molecular weight is 953 g/mol. The number of aliphatic carboxylic acids is 1. The molecule has 11 nitrogen and oxygen atoms in total. The van der Waals surface area contributed by atoms with Crippen molar-refractivity contribution >= 4 is 29.8 Å². The minimum atomic E-state index is -1.80. The molecule has 0 aromatic heterocycles. The third kappa shape index (κ3) is 9.99. The number of nitrogens with one attached hydrogen (secondary N) is 4. The van der Waals surface area contributed by atoms with Crippen LogP contribution >= 0.6 is 0 Å². The SMILES string of the molecule is O=C(C[C@H](NC(=O)OCC1c2ccccc2-c2ccccc21)C(=O)N[C@H](CC(=O)NC(c1ccccc1)(c1ccccc1)c1ccccc1)C(=O)O)NC(c1ccccc1)(c1ccccc1)c1ccccc1. The number of carboxylic acid groups (broad SMARTS) is 1. The molecule has 5 N–H and O–H groups in total. The molecule has 0 aliphatic heterocycles. The molecule has 4 amide bonds. The molecular weight excluding hydrogens is 901 g/mol. The number of carbonyl (C=O) groups is 5. The number of benzene rings is 8. The van der Waals surface area contributed by atoms with Gasteiger partial charge in [-0.1, -0.05) is 231 Å². The maximum absolute atomic E-state index is 14.8. The van der Waals surface area contributed by atoms with Crippen LogP contribution in [0.1, 0.15) is 63.3 Å². The minimum Gasteiger partial charge on any atom is -0.480 e. The zero-order chi connectivity index (χ0) is 49.9. The number of fused-ring (bicyclic) bond motifs is 3. The third-order valence-electron chi connectivity index (χ3n) is 13.2. The van der Waals surface area contributed by atoms with Crippen molar-refractivity contribution in [3.05, 3.63) is 275 Å². The van der Waals surface area contributed by atoms with Gasteiger partial charge in [0.05, 0.1) is 12.8 Å². The fraction of sp³-hybridized carbons (Fsp3) is 0.131. The van der Waals surface area contributed by atoms with Crippen molar-refractivity contribution < 1.29 is 33.8 Å². The van der Waals surface area contributed by atoms with E-state index in [2.05, 4.69) is 21.3 Å². The molecule has 358 valence electrons. The van der Waals surface area contributed by atoms with Gasteiger partial charge < -0.3 is 31.1 Å². The Morgan fingerprint density at radius 1 is 0.417 bits per heavy atom. The fourth-order valence-electron chi connectivity index (χ4n) is 9.92. The lowest BCUT2D eigenvalue weighted by atomic mass is 9.77. The summed E-state index contributed by atoms with van der Waals surface area (Å²) >= 11 is 0. The molecule has 0 radical (unpaired) electrons. The van der Waals surface area contributed by atoms with E-state index < -0.39 is 65.8 Å². The summed E-state index contributed by atoms with van der Waals surface area (Å²) in [5, 5.41) is 22.1. The highest BCUT2D eigenvalue weighted by molar-refractivity contribution is 5.95. The van der Waals surface area contributed by atoms with Crippen LogP contribution in [0, 0.1) is 0 Å². The molecule has 0 spiro atoms. The van der Waals surface area contributed by atoms with E-state index in [9.17, 15) is 29.1 Å². The van der Waals surface area contributed by atoms with E-state index in [1.165, 1.54) is 0 Å². The summed E-state index contributed by atoms with van der Waals surface area (Å²) in [5.41, 5.74) is 5.71. The lowest BCUT2D eigenvalue weighted by molar-refractivity contribution is -0.144. The molecule has 8 aromatic carbocycles. The summed E-state index contributed by atoms with van der Waals surface area (Å²) in [4.78, 5) is 71.1. The summed E-state index contributed by atoms with van der Waals surface area (Å²) in [5.74, 6) is -4.20. The number of amides is 4. The Labute approximate surface area is 417 Å². The normalized spacial score (nSPS) is 12.8. The van der Waals surface area contributed by atoms with Crippen LogP contribution in [0.2, 0.25) is 0 Å². The molecular formula is C61H52N4O7. The zero-order valence-electron chi connectivity index (χ0n) is 39.2. The lowest BCUT2D eigenvalue weighted by Gasteiger charge is -2.37. The van der Waals surface area contributed by atoms with Crippen molar-refractivity contribution in [2.45, 2.75) is 41.9 Å². The molecule has 0 saturated carbocycles. The summed E-state index contributed by atoms with van der Waals surface area (Å²) in [6.07, 6.45) is -2.37. The summed E-state index contributed by atoms with van der Waals surface area (Å²) < 4.78 is 5.87. The van der Waals surface area contributed by atoms with Gasteiger partial charge in [-0.2, -0.15) is 0 Å². The van der Waals surface area contributed by atoms with Crippen LogP contribution < -0.4 is 21.3 Å². The molecule has 8 aromatic rings. The number of hydrogen-bond donors (Lipinski definition) is 5. The Morgan fingerprint density at radius 2 is 0.722 bits per heavy atom. The summed E-state index contributed by atoms with van der Waals surface area (Å²) in [6, 6.07) is 68.4. The molecule has 2 atom stereocenters. The Hall–Kier alpha value is -9.09. The first-order chi connectivity index (χ1) is 35.2. The molecule has 0 bridgehead atoms. The van der Waals surface area contributed by atoms with Gasteiger partial charge >= 0.3 is 12.1 Å². The highest BCUT2D eigenvalue weighted by Crippen LogP contribution is 2.45. The van der Waals surface area contributed by atoms with Gasteiger partial charge in [0.1, 0.15) is 29.8 Å². The van der Waals surface area contributed by atoms with Crippen LogP contribution in [0.4, 0.5) is 4.79 Å². The number of rotatable bonds is 18. The number of hydrogen-bond acceptors (Lipinski definition) is 6. The molecule has 1 aliphatic rings. The monoisotopic (exact) mass is 952 g/mol. The van der Waals surface area contributed by atoms with E-state index >= 15 is 0 Å². The third-order valence-corrected chi connectivity index (χ3v) is 13.2. The minimum absolute atomic E-state index is 0.0938. The smallest absolute Gasteiger partial charge is 0.407 e. The predicted octanol–water partition coefficient (Wildman–Crippen LogP) is 9.46. The van der Waals surface area contributed by atoms with Gasteiger partial charge in [0.2, 0.25) is 17.7 Å². The first kappa shape index (κ1) is 48.0. The number of carboxylic acids is 1. The van der Waals surface area contributed by atoms with E-state index in [1.807, 2.05) is 231 Å². The van der Waals surface area contributed by atoms with E-state index in [4.69, 9.17) is 4.74 Å². The van der Waals surface area contributed by atoms with Gasteiger partial charge in [0, 0.05) is 5.92 Å². The van der Waals surface area contributed by atoms with Gasteiger partial charge in [-0.05, 0) is 55.6 Å². The topological polar surface area (TPSA) is 163 Å². The second-order valence-electron chi connectivity index (χ2n) is 17.6. The van der Waals surface area contributed by atoms with Crippen LogP contribution in [0.5, 0.6) is 0 Å². The molecule has 1 aliphatic carbocycles. The molecule has 11 heteroatoms. The van der Waals surface area contributed by atoms with Crippen molar-refractivity contribution in [1.29, 1.82) is 0 Å². The van der Waals surface area contributed by atoms with E-state index in [0.717, 1.165) is 38.9 Å². The highest BCUT2D eigenvalue weighted by atomic mass is 16.5. The average Bonchev–Trinajstić information content (AvgIpc) is 3.75. The van der Waals surface area contributed by atoms with E-state index in [-0.39, 0.29) is 12.5 Å². The van der Waals surface area contributed by atoms with E-state index in [0.29, 0.717) is 16.7 Å². The summed E-state index contributed by atoms with van der Waals surface area (Å²) in [7, 11) is 0. The molecule has 72 heavy (non-hydrogen) atoms. The maximum atomic E-state index is 14.8. The predicted molar refractivity (Wildman–Crippen MR) is 275 cm³/mol. The van der Waals surface area contributed by atoms with Crippen molar-refractivity contribution in [3.63, 3.8) is 0 Å². The first-order valence-electron chi connectivity index (χ1n) is 23.8. The Kier molecular flexibility index (Phi) is 14.4. The standard InChI is InChI=1S/C61H52N4O7/c66-55(64-60(42-23-7-1-8-24-42,43-25-9-2-10-26-43)44-27-11-3-12-28-44)39-53(63-59(71)72-41-52-50-37-21-19-35-48(50)49-36-20-22-38-51(49)52)57(68)62-54(58(69)70)40-56(67)65-61(45-29-13-4-14-30-45,46-31-15-5-16-32-46)47-33-17-6-18-34-47/h1-38,52-54H,39-41H2,(H,62,68)(H,63,71)(H,64,66)(H,65,67)(H,69,70)/t53-,54+/m0/s1. The summed E-state index contributed by atoms with van der Waals surface area (Å²) in [6.45, 7) is -0.0938. The number of ether oxygens (including phenoxy) is 1. The van der Waals surface area contributed by atoms with Crippen molar-refractivity contribution in [2.24, 2.45) is 0 Å². The Bertz CT molecular complexity index is 2920. The fourth-order valence-corrected chi connectivity index (χ4v) is 9.92. The largest absolute Gasteiger partial charge is 0.480 e. The first-order valence-corrected chi connectivity index (χ1v) is 23.8. The molecule has 0 heterocycles. The van der Waals surface area contributed by atoms with Crippen molar-refractivity contribution in [2.75, 3.05) is 6.61 Å². The van der Waals surface area contributed by atoms with Gasteiger partial charge in [0.15, 0.2) is 0 Å². The number of alkyl carbamates (subject to hydrolysis) is 1. The van der Waals surface area contributed by atoms with Crippen LogP contribution in [0.15, 0.2) is 231 Å². The molecule has 0 unspecified atom stereocenters. The second-order valence-corrected chi connectivity index (χ2v) is 17.6. The molecule has 0 saturated heterocycles. The quantitative estimate of drug-likeness (QED) is 0.0536. The van der Waals surface area contributed by atoms with Crippen LogP contribution in [0.3, 0.4) is 0 Å². The van der Waals surface area contributed by atoms with Crippen molar-refractivity contribution in [3.8, 4) is 11.1 Å². The van der Waals surface area contributed by atoms with E-state index in [1.54, 1.807) is 0 Å². The van der Waals surface area contributed by atoms with Crippen LogP contribution in [-0.2, 0) is 35.0 Å². The number of carbonyl (C=O) groups excluding carboxylic acids is 4. The van der Waals surface area contributed by atoms with Gasteiger partial charge in [0.25, 0.3) is 0 Å². The van der Waals surface area contributed by atoms with Crippen LogP contribution in [0.25, 0.3) is 11.1 Å². The molecule has 0 fully saturated rings. The van der Waals surface area contributed by atoms with Gasteiger partial charge in [-0.25, -0.2) is 9.59 Å². The van der Waals surface area contributed by atoms with Crippen LogP contribution in [-0.4, -0.2) is 53.6 Å². The lowest BCUT2D eigenvalue weighted by Crippen LogP contribution is -2.56. The highest BCUT2D eigenvalue weighted by Gasteiger charge is 2.41. The molecule has 9 rings (SSSR count). The Morgan fingerprint density at radius 3 is 1.06 bits per heavy atom. The second kappa shape index (κ2) is 21.7. The zero-order valence-corrected chi connectivity index (χ0v) is 39.2. The van der Waals surface area contributed by atoms with Gasteiger partial charge in [-0.15, -0.1) is 0 Å². The maximum Gasteiger partial charge on any atom is 0.407 e. The van der Waals surface area contributed by atoms with Crippen molar-refractivity contribution in [1.82, 2.24) is 21.3 Å². The van der Waals surface area contributed by atoms with Gasteiger partial charge in [-0.3, -0.25) is 14.4 Å². The Balaban J connectivity index is 1.02.